The number of allylic oxidation sites excluding steroid dienone is 3. The van der Waals surface area contributed by atoms with Crippen LogP contribution in [0.25, 0.3) is 0 Å². The molecular formula is C14H14Cl2N2OS. The number of hydrogen-bond acceptors (Lipinski definition) is 4. The Morgan fingerprint density at radius 3 is 2.70 bits per heavy atom. The molecule has 0 spiro atoms. The summed E-state index contributed by atoms with van der Waals surface area (Å²) in [5, 5.41) is 11.7. The van der Waals surface area contributed by atoms with Gasteiger partial charge in [-0.2, -0.15) is 0 Å². The molecule has 20 heavy (non-hydrogen) atoms. The van der Waals surface area contributed by atoms with Crippen molar-refractivity contribution in [1.29, 1.82) is 0 Å². The van der Waals surface area contributed by atoms with Crippen LogP contribution in [0, 0.1) is 0 Å². The van der Waals surface area contributed by atoms with Gasteiger partial charge < -0.3 is 5.11 Å². The summed E-state index contributed by atoms with van der Waals surface area (Å²) in [4.78, 5) is 8.44. The molecule has 1 aromatic rings. The average Bonchev–Trinajstić information content (AvgIpc) is 2.35. The molecule has 0 radical (unpaired) electrons. The van der Waals surface area contributed by atoms with Gasteiger partial charge in [-0.05, 0) is 25.8 Å². The predicted octanol–water partition coefficient (Wildman–Crippen LogP) is 5.16. The van der Waals surface area contributed by atoms with Crippen LogP contribution < -0.4 is 0 Å². The molecule has 0 saturated carbocycles. The van der Waals surface area contributed by atoms with Gasteiger partial charge in [-0.1, -0.05) is 23.2 Å². The normalized spacial score (nSPS) is 18.4. The van der Waals surface area contributed by atoms with Crippen molar-refractivity contribution in [2.24, 2.45) is 4.99 Å². The number of rotatable bonds is 2. The molecule has 0 amide bonds. The van der Waals surface area contributed by atoms with Crippen molar-refractivity contribution in [1.82, 2.24) is 4.98 Å². The van der Waals surface area contributed by atoms with Gasteiger partial charge in [0.25, 0.3) is 0 Å². The van der Waals surface area contributed by atoms with E-state index in [-0.39, 0.29) is 5.76 Å². The second-order valence-electron chi connectivity index (χ2n) is 4.33. The quantitative estimate of drug-likeness (QED) is 0.815. The van der Waals surface area contributed by atoms with Crippen LogP contribution in [0.4, 0.5) is 0 Å². The van der Waals surface area contributed by atoms with Crippen molar-refractivity contribution < 1.29 is 5.11 Å². The lowest BCUT2D eigenvalue weighted by atomic mass is 10.2. The van der Waals surface area contributed by atoms with Crippen molar-refractivity contribution in [3.8, 4) is 0 Å². The lowest BCUT2D eigenvalue weighted by Gasteiger charge is -2.10. The number of aliphatic hydroxyl groups is 1. The van der Waals surface area contributed by atoms with E-state index < -0.39 is 0 Å². The zero-order valence-electron chi connectivity index (χ0n) is 10.9. The molecular weight excluding hydrogens is 315 g/mol. The van der Waals surface area contributed by atoms with E-state index >= 15 is 0 Å². The summed E-state index contributed by atoms with van der Waals surface area (Å²) in [6.45, 7) is 1.86. The van der Waals surface area contributed by atoms with E-state index in [4.69, 9.17) is 23.2 Å². The summed E-state index contributed by atoms with van der Waals surface area (Å²) in [6.07, 6.45) is 8.20. The zero-order chi connectivity index (χ0) is 14.5. The third-order valence-electron chi connectivity index (χ3n) is 2.70. The van der Waals surface area contributed by atoms with Crippen molar-refractivity contribution in [2.45, 2.75) is 25.5 Å². The van der Waals surface area contributed by atoms with Gasteiger partial charge in [-0.15, -0.1) is 11.8 Å². The Hall–Kier alpha value is -0.970. The summed E-state index contributed by atoms with van der Waals surface area (Å²) in [5.74, 6) is 0.928. The summed E-state index contributed by atoms with van der Waals surface area (Å²) in [6, 6.07) is 0. The molecule has 1 aliphatic rings. The second kappa shape index (κ2) is 7.16. The molecule has 0 unspecified atom stereocenters. The molecule has 2 rings (SSSR count). The van der Waals surface area contributed by atoms with Gasteiger partial charge in [0.2, 0.25) is 0 Å². The number of nitrogens with zero attached hydrogens (tertiary/aromatic N) is 2. The molecule has 1 N–H and O–H groups in total. The largest absolute Gasteiger partial charge is 0.508 e. The van der Waals surface area contributed by atoms with Crippen molar-refractivity contribution >= 4 is 40.0 Å². The smallest absolute Gasteiger partial charge is 0.113 e. The third-order valence-corrected chi connectivity index (χ3v) is 4.42. The maximum Gasteiger partial charge on any atom is 0.113 e. The maximum absolute atomic E-state index is 9.52. The number of hydrogen-bond donors (Lipinski definition) is 1. The van der Waals surface area contributed by atoms with Crippen LogP contribution in [-0.2, 0) is 5.75 Å². The Balaban J connectivity index is 2.09. The summed E-state index contributed by atoms with van der Waals surface area (Å²) in [7, 11) is 0. The van der Waals surface area contributed by atoms with E-state index in [1.807, 2.05) is 6.92 Å². The first-order valence-corrected chi connectivity index (χ1v) is 7.86. The predicted molar refractivity (Wildman–Crippen MR) is 86.7 cm³/mol. The molecule has 0 bridgehead atoms. The lowest BCUT2D eigenvalue weighted by Crippen LogP contribution is -1.98. The van der Waals surface area contributed by atoms with Crippen LogP contribution in [0.3, 0.4) is 0 Å². The Labute approximate surface area is 132 Å². The highest BCUT2D eigenvalue weighted by molar-refractivity contribution is 8.13. The monoisotopic (exact) mass is 328 g/mol. The first-order chi connectivity index (χ1) is 9.56. The number of halogens is 2. The van der Waals surface area contributed by atoms with Gasteiger partial charge in [0.1, 0.15) is 5.76 Å². The number of pyridine rings is 1. The summed E-state index contributed by atoms with van der Waals surface area (Å²) >= 11 is 13.8. The number of aliphatic imine (C=N–C) groups is 1. The molecule has 0 fully saturated rings. The maximum atomic E-state index is 9.52. The first kappa shape index (κ1) is 15.4. The minimum atomic E-state index is 0.274. The van der Waals surface area contributed by atoms with Crippen molar-refractivity contribution in [3.63, 3.8) is 0 Å². The Bertz CT molecular complexity index is 577. The molecule has 1 aliphatic heterocycles. The standard InChI is InChI=1S/C14H14Cl2N2OS/c1-9-5-10(19)3-2-4-14(18-9)20-8-11-12(15)6-17-7-13(11)16/h3,5-7,19H,2,4,8H2,1H3/b9-5?,10-3+,18-14?. The fraction of sp³-hybridized carbons (Fsp3) is 0.286. The second-order valence-corrected chi connectivity index (χ2v) is 6.19. The van der Waals surface area contributed by atoms with Crippen LogP contribution in [-0.4, -0.2) is 15.1 Å². The molecule has 1 aromatic heterocycles. The highest BCUT2D eigenvalue weighted by atomic mass is 35.5. The molecule has 0 aromatic carbocycles. The highest BCUT2D eigenvalue weighted by Crippen LogP contribution is 2.29. The van der Waals surface area contributed by atoms with E-state index in [1.54, 1.807) is 36.3 Å². The van der Waals surface area contributed by atoms with E-state index in [9.17, 15) is 5.11 Å². The third kappa shape index (κ3) is 4.27. The molecule has 6 heteroatoms. The van der Waals surface area contributed by atoms with Crippen LogP contribution in [0.1, 0.15) is 25.3 Å². The Morgan fingerprint density at radius 1 is 1.30 bits per heavy atom. The van der Waals surface area contributed by atoms with Gasteiger partial charge in [-0.3, -0.25) is 9.98 Å². The average molecular weight is 329 g/mol. The van der Waals surface area contributed by atoms with Gasteiger partial charge >= 0.3 is 0 Å². The Kier molecular flexibility index (Phi) is 5.52. The fourth-order valence-corrected chi connectivity index (χ4v) is 3.49. The Morgan fingerprint density at radius 2 is 2.00 bits per heavy atom. The molecule has 3 nitrogen and oxygen atoms in total. The van der Waals surface area contributed by atoms with Crippen LogP contribution in [0.15, 0.2) is 41.0 Å². The van der Waals surface area contributed by atoms with Crippen LogP contribution in [0.2, 0.25) is 10.0 Å². The highest BCUT2D eigenvalue weighted by Gasteiger charge is 2.10. The molecule has 0 saturated heterocycles. The summed E-state index contributed by atoms with van der Waals surface area (Å²) < 4.78 is 0. The van der Waals surface area contributed by atoms with E-state index in [0.29, 0.717) is 15.8 Å². The zero-order valence-corrected chi connectivity index (χ0v) is 13.3. The first-order valence-electron chi connectivity index (χ1n) is 6.12. The summed E-state index contributed by atoms with van der Waals surface area (Å²) in [5.41, 5.74) is 1.66. The van der Waals surface area contributed by atoms with Crippen LogP contribution in [0.5, 0.6) is 0 Å². The van der Waals surface area contributed by atoms with Crippen molar-refractivity contribution in [2.75, 3.05) is 0 Å². The molecule has 0 atom stereocenters. The van der Waals surface area contributed by atoms with Crippen molar-refractivity contribution in [3.05, 3.63) is 51.6 Å². The fourth-order valence-electron chi connectivity index (χ4n) is 1.74. The number of aromatic nitrogens is 1. The molecule has 106 valence electrons. The van der Waals surface area contributed by atoms with E-state index in [0.717, 1.165) is 29.1 Å². The molecule has 0 aliphatic carbocycles. The minimum absolute atomic E-state index is 0.274. The lowest BCUT2D eigenvalue weighted by molar-refractivity contribution is 0.428. The minimum Gasteiger partial charge on any atom is -0.508 e. The van der Waals surface area contributed by atoms with Gasteiger partial charge in [-0.25, -0.2) is 0 Å². The van der Waals surface area contributed by atoms with Gasteiger partial charge in [0, 0.05) is 35.5 Å². The van der Waals surface area contributed by atoms with Gasteiger partial charge in [0.05, 0.1) is 15.1 Å². The SMILES string of the molecule is CC1=C/C(O)=C\CCC(SCc2c(Cl)cncc2Cl)=N1. The number of aliphatic hydroxyl groups excluding tert-OH is 1. The molecule has 2 heterocycles. The van der Waals surface area contributed by atoms with E-state index in [2.05, 4.69) is 9.98 Å². The number of thioether (sulfide) groups is 1. The van der Waals surface area contributed by atoms with Crippen LogP contribution >= 0.6 is 35.0 Å². The van der Waals surface area contributed by atoms with Gasteiger partial charge in [0.15, 0.2) is 0 Å². The topological polar surface area (TPSA) is 45.5 Å². The van der Waals surface area contributed by atoms with E-state index in [1.165, 1.54) is 0 Å².